The Kier molecular flexibility index (Phi) is 3.94. The summed E-state index contributed by atoms with van der Waals surface area (Å²) in [5.74, 6) is 0.570. The van der Waals surface area contributed by atoms with Crippen LogP contribution >= 0.6 is 15.9 Å². The van der Waals surface area contributed by atoms with E-state index in [4.69, 9.17) is 0 Å². The lowest BCUT2D eigenvalue weighted by Gasteiger charge is -2.26. The Morgan fingerprint density at radius 2 is 2.00 bits per heavy atom. The van der Waals surface area contributed by atoms with Crippen molar-refractivity contribution in [2.45, 2.75) is 44.1 Å². The highest BCUT2D eigenvalue weighted by Gasteiger charge is 2.28. The Hall–Kier alpha value is -1.14. The molecule has 3 rings (SSSR count). The van der Waals surface area contributed by atoms with Gasteiger partial charge in [-0.05, 0) is 40.9 Å². The minimum absolute atomic E-state index is 0.519. The van der Waals surface area contributed by atoms with Gasteiger partial charge in [0.25, 0.3) is 0 Å². The van der Waals surface area contributed by atoms with Crippen molar-refractivity contribution >= 4 is 27.5 Å². The second-order valence-corrected chi connectivity index (χ2v) is 6.49. The van der Waals surface area contributed by atoms with E-state index < -0.39 is 5.60 Å². The third-order valence-corrected chi connectivity index (χ3v) is 4.37. The van der Waals surface area contributed by atoms with Crippen LogP contribution in [0.15, 0.2) is 22.8 Å². The second kappa shape index (κ2) is 5.69. The molecule has 0 aliphatic heterocycles. The molecule has 1 aliphatic carbocycles. The fraction of sp³-hybridized carbons (Fsp3) is 0.571. The number of fused-ring (bicyclic) bond motifs is 1. The van der Waals surface area contributed by atoms with E-state index in [0.29, 0.717) is 12.5 Å². The highest BCUT2D eigenvalue weighted by molar-refractivity contribution is 9.10. The van der Waals surface area contributed by atoms with Gasteiger partial charge in [-0.2, -0.15) is 4.98 Å². The largest absolute Gasteiger partial charge is 0.388 e. The number of aliphatic hydroxyl groups is 1. The third kappa shape index (κ3) is 3.12. The SMILES string of the molecule is OC1(CNc2nc3ccc(Br)cn3n2)CCCCCC1. The van der Waals surface area contributed by atoms with Crippen LogP contribution in [0.5, 0.6) is 0 Å². The summed E-state index contributed by atoms with van der Waals surface area (Å²) in [6, 6.07) is 3.84. The van der Waals surface area contributed by atoms with E-state index in [1.807, 2.05) is 18.3 Å². The first kappa shape index (κ1) is 13.8. The van der Waals surface area contributed by atoms with Crippen LogP contribution in [0.4, 0.5) is 5.95 Å². The van der Waals surface area contributed by atoms with Gasteiger partial charge in [-0.3, -0.25) is 0 Å². The van der Waals surface area contributed by atoms with Gasteiger partial charge in [-0.25, -0.2) is 4.52 Å². The molecule has 1 saturated carbocycles. The van der Waals surface area contributed by atoms with Gasteiger partial charge in [-0.15, -0.1) is 5.10 Å². The van der Waals surface area contributed by atoms with Gasteiger partial charge < -0.3 is 10.4 Å². The quantitative estimate of drug-likeness (QED) is 0.844. The molecule has 2 aromatic rings. The number of hydrogen-bond donors (Lipinski definition) is 2. The molecule has 0 aromatic carbocycles. The Labute approximate surface area is 126 Å². The van der Waals surface area contributed by atoms with E-state index >= 15 is 0 Å². The smallest absolute Gasteiger partial charge is 0.243 e. The maximum absolute atomic E-state index is 10.6. The van der Waals surface area contributed by atoms with Crippen LogP contribution in [-0.2, 0) is 0 Å². The van der Waals surface area contributed by atoms with Gasteiger partial charge in [0.05, 0.1) is 5.60 Å². The van der Waals surface area contributed by atoms with Gasteiger partial charge in [0.2, 0.25) is 5.95 Å². The summed E-state index contributed by atoms with van der Waals surface area (Å²) in [6.45, 7) is 0.519. The molecule has 1 aliphatic rings. The van der Waals surface area contributed by atoms with Crippen LogP contribution < -0.4 is 5.32 Å². The zero-order chi connectivity index (χ0) is 14.0. The molecule has 0 spiro atoms. The van der Waals surface area contributed by atoms with Gasteiger partial charge in [0.1, 0.15) is 0 Å². The molecule has 0 radical (unpaired) electrons. The number of pyridine rings is 1. The van der Waals surface area contributed by atoms with Crippen LogP contribution in [0.25, 0.3) is 5.65 Å². The molecule has 0 unspecified atom stereocenters. The molecule has 2 N–H and O–H groups in total. The summed E-state index contributed by atoms with van der Waals surface area (Å²) in [7, 11) is 0. The van der Waals surface area contributed by atoms with E-state index in [0.717, 1.165) is 35.8 Å². The fourth-order valence-electron chi connectivity index (χ4n) is 2.74. The number of rotatable bonds is 3. The molecular formula is C14H19BrN4O. The number of hydrogen-bond acceptors (Lipinski definition) is 4. The fourth-order valence-corrected chi connectivity index (χ4v) is 3.07. The van der Waals surface area contributed by atoms with E-state index in [9.17, 15) is 5.11 Å². The standard InChI is InChI=1S/C14H19BrN4O/c15-11-5-6-12-17-13(18-19(12)9-11)16-10-14(20)7-3-1-2-4-8-14/h5-6,9,20H,1-4,7-8,10H2,(H,16,18). The first-order chi connectivity index (χ1) is 9.65. The number of halogens is 1. The normalized spacial score (nSPS) is 18.9. The topological polar surface area (TPSA) is 62.5 Å². The molecule has 1 fully saturated rings. The van der Waals surface area contributed by atoms with Crippen LogP contribution in [0, 0.1) is 0 Å². The number of nitrogens with one attached hydrogen (secondary N) is 1. The van der Waals surface area contributed by atoms with Gasteiger partial charge in [0, 0.05) is 17.2 Å². The second-order valence-electron chi connectivity index (χ2n) is 5.58. The molecule has 0 bridgehead atoms. The lowest BCUT2D eigenvalue weighted by atomic mass is 9.95. The summed E-state index contributed by atoms with van der Waals surface area (Å²) >= 11 is 3.41. The zero-order valence-electron chi connectivity index (χ0n) is 11.3. The first-order valence-electron chi connectivity index (χ1n) is 7.13. The summed E-state index contributed by atoms with van der Waals surface area (Å²) in [4.78, 5) is 4.40. The summed E-state index contributed by atoms with van der Waals surface area (Å²) < 4.78 is 2.69. The minimum atomic E-state index is -0.617. The van der Waals surface area contributed by atoms with Crippen molar-refractivity contribution in [3.8, 4) is 0 Å². The van der Waals surface area contributed by atoms with Gasteiger partial charge >= 0.3 is 0 Å². The highest BCUT2D eigenvalue weighted by atomic mass is 79.9. The average Bonchev–Trinajstić information content (AvgIpc) is 2.70. The van der Waals surface area contributed by atoms with Crippen LogP contribution in [0.1, 0.15) is 38.5 Å². The van der Waals surface area contributed by atoms with Crippen molar-refractivity contribution in [3.05, 3.63) is 22.8 Å². The predicted molar refractivity (Wildman–Crippen MR) is 81.8 cm³/mol. The molecule has 108 valence electrons. The van der Waals surface area contributed by atoms with E-state index in [1.165, 1.54) is 12.8 Å². The number of aromatic nitrogens is 3. The Morgan fingerprint density at radius 1 is 1.25 bits per heavy atom. The Balaban J connectivity index is 1.69. The number of nitrogens with zero attached hydrogens (tertiary/aromatic N) is 3. The van der Waals surface area contributed by atoms with Crippen molar-refractivity contribution in [1.29, 1.82) is 0 Å². The van der Waals surface area contributed by atoms with Crippen LogP contribution in [0.3, 0.4) is 0 Å². The Bertz CT molecular complexity index is 590. The van der Waals surface area contributed by atoms with Crippen LogP contribution in [-0.4, -0.2) is 31.9 Å². The lowest BCUT2D eigenvalue weighted by Crippen LogP contribution is -2.36. The van der Waals surface area contributed by atoms with Crippen molar-refractivity contribution in [2.75, 3.05) is 11.9 Å². The average molecular weight is 339 g/mol. The molecule has 2 aromatic heterocycles. The van der Waals surface area contributed by atoms with Crippen molar-refractivity contribution in [3.63, 3.8) is 0 Å². The maximum Gasteiger partial charge on any atom is 0.243 e. The van der Waals surface area contributed by atoms with Crippen molar-refractivity contribution in [1.82, 2.24) is 14.6 Å². The van der Waals surface area contributed by atoms with E-state index in [2.05, 4.69) is 31.3 Å². The molecule has 6 heteroatoms. The molecule has 0 amide bonds. The summed E-state index contributed by atoms with van der Waals surface area (Å²) in [5, 5.41) is 18.1. The maximum atomic E-state index is 10.6. The molecule has 20 heavy (non-hydrogen) atoms. The Morgan fingerprint density at radius 3 is 2.75 bits per heavy atom. The highest BCUT2D eigenvalue weighted by Crippen LogP contribution is 2.27. The molecule has 0 saturated heterocycles. The summed E-state index contributed by atoms with van der Waals surface area (Å²) in [5.41, 5.74) is 0.178. The molecular weight excluding hydrogens is 320 g/mol. The van der Waals surface area contributed by atoms with Gasteiger partial charge in [0.15, 0.2) is 5.65 Å². The minimum Gasteiger partial charge on any atom is -0.388 e. The molecule has 2 heterocycles. The van der Waals surface area contributed by atoms with Crippen molar-refractivity contribution in [2.24, 2.45) is 0 Å². The third-order valence-electron chi connectivity index (χ3n) is 3.90. The predicted octanol–water partition coefficient (Wildman–Crippen LogP) is 2.99. The monoisotopic (exact) mass is 338 g/mol. The molecule has 0 atom stereocenters. The van der Waals surface area contributed by atoms with Crippen LogP contribution in [0.2, 0.25) is 0 Å². The first-order valence-corrected chi connectivity index (χ1v) is 7.92. The van der Waals surface area contributed by atoms with E-state index in [-0.39, 0.29) is 0 Å². The van der Waals surface area contributed by atoms with Crippen molar-refractivity contribution < 1.29 is 5.11 Å². The molecule has 5 nitrogen and oxygen atoms in total. The van der Waals surface area contributed by atoms with E-state index in [1.54, 1.807) is 4.52 Å². The zero-order valence-corrected chi connectivity index (χ0v) is 12.9. The lowest BCUT2D eigenvalue weighted by molar-refractivity contribution is 0.0380. The van der Waals surface area contributed by atoms with Gasteiger partial charge in [-0.1, -0.05) is 25.7 Å². The number of anilines is 1. The summed E-state index contributed by atoms with van der Waals surface area (Å²) in [6.07, 6.45) is 8.24.